The van der Waals surface area contributed by atoms with Crippen LogP contribution in [0.4, 0.5) is 5.69 Å². The van der Waals surface area contributed by atoms with Crippen molar-refractivity contribution in [2.24, 2.45) is 10.9 Å². The Labute approximate surface area is 192 Å². The molecule has 2 saturated heterocycles. The topological polar surface area (TPSA) is 61.4 Å². The van der Waals surface area contributed by atoms with Gasteiger partial charge >= 0.3 is 0 Å². The monoisotopic (exact) mass is 517 g/mol. The van der Waals surface area contributed by atoms with Crippen LogP contribution in [0.2, 0.25) is 0 Å². The van der Waals surface area contributed by atoms with Crippen molar-refractivity contribution in [3.8, 4) is 5.75 Å². The first-order valence-electron chi connectivity index (χ1n) is 10.5. The van der Waals surface area contributed by atoms with Crippen LogP contribution in [0.1, 0.15) is 13.3 Å². The number of anilines is 1. The van der Waals surface area contributed by atoms with Gasteiger partial charge in [-0.05, 0) is 31.4 Å². The van der Waals surface area contributed by atoms with E-state index in [1.807, 2.05) is 6.07 Å². The molecular weight excluding hydrogens is 481 g/mol. The summed E-state index contributed by atoms with van der Waals surface area (Å²) >= 11 is 0. The third kappa shape index (κ3) is 7.82. The predicted molar refractivity (Wildman–Crippen MR) is 130 cm³/mol. The second kappa shape index (κ2) is 13.1. The minimum Gasteiger partial charge on any atom is -0.497 e. The minimum atomic E-state index is 0. The highest BCUT2D eigenvalue weighted by Gasteiger charge is 2.23. The standard InChI is InChI=1S/C21H35N5O2.HI/c1-3-22-21(23-8-10-25-11-13-28-14-12-25)24-16-18-7-9-26(17-18)19-5-4-6-20(15-19)27-2;/h4-6,15,18H,3,7-14,16-17H2,1-2H3,(H2,22,23,24);1H. The second-order valence-electron chi connectivity index (χ2n) is 7.40. The lowest BCUT2D eigenvalue weighted by Gasteiger charge is -2.26. The van der Waals surface area contributed by atoms with Crippen LogP contribution in [-0.4, -0.2) is 83.5 Å². The van der Waals surface area contributed by atoms with Gasteiger partial charge in [-0.25, -0.2) is 0 Å². The van der Waals surface area contributed by atoms with E-state index < -0.39 is 0 Å². The summed E-state index contributed by atoms with van der Waals surface area (Å²) in [6.07, 6.45) is 1.17. The number of hydrogen-bond donors (Lipinski definition) is 2. The Balaban J connectivity index is 0.00000300. The van der Waals surface area contributed by atoms with Crippen molar-refractivity contribution in [3.05, 3.63) is 24.3 Å². The molecule has 2 fully saturated rings. The zero-order chi connectivity index (χ0) is 19.6. The van der Waals surface area contributed by atoms with Gasteiger partial charge < -0.3 is 25.0 Å². The minimum absolute atomic E-state index is 0. The fraction of sp³-hybridized carbons (Fsp3) is 0.667. The van der Waals surface area contributed by atoms with Crippen molar-refractivity contribution in [1.82, 2.24) is 15.5 Å². The molecule has 1 atom stereocenters. The average molecular weight is 517 g/mol. The summed E-state index contributed by atoms with van der Waals surface area (Å²) in [6.45, 7) is 11.6. The maximum atomic E-state index is 5.41. The lowest BCUT2D eigenvalue weighted by Crippen LogP contribution is -2.44. The van der Waals surface area contributed by atoms with E-state index in [0.29, 0.717) is 5.92 Å². The third-order valence-corrected chi connectivity index (χ3v) is 5.38. The lowest BCUT2D eigenvalue weighted by molar-refractivity contribution is 0.0389. The van der Waals surface area contributed by atoms with Gasteiger partial charge in [0.05, 0.1) is 20.3 Å². The molecule has 2 aliphatic heterocycles. The van der Waals surface area contributed by atoms with Crippen molar-refractivity contribution in [2.75, 3.05) is 77.6 Å². The van der Waals surface area contributed by atoms with Gasteiger partial charge in [0.2, 0.25) is 0 Å². The maximum Gasteiger partial charge on any atom is 0.191 e. The Bertz CT molecular complexity index is 625. The molecule has 2 heterocycles. The number of rotatable bonds is 8. The zero-order valence-electron chi connectivity index (χ0n) is 17.7. The Hall–Kier alpha value is -1.26. The molecule has 0 bridgehead atoms. The molecule has 7 nitrogen and oxygen atoms in total. The van der Waals surface area contributed by atoms with Gasteiger partial charge in [0, 0.05) is 64.1 Å². The highest BCUT2D eigenvalue weighted by atomic mass is 127. The quantitative estimate of drug-likeness (QED) is 0.313. The molecule has 8 heteroatoms. The SMILES string of the molecule is CCNC(=NCC1CCN(c2cccc(OC)c2)C1)NCCN1CCOCC1.I. The van der Waals surface area contributed by atoms with E-state index in [1.165, 1.54) is 12.1 Å². The zero-order valence-corrected chi connectivity index (χ0v) is 20.1. The highest BCUT2D eigenvalue weighted by Crippen LogP contribution is 2.26. The van der Waals surface area contributed by atoms with Crippen LogP contribution in [0.25, 0.3) is 0 Å². The van der Waals surface area contributed by atoms with Crippen LogP contribution < -0.4 is 20.3 Å². The number of methoxy groups -OCH3 is 1. The first-order chi connectivity index (χ1) is 13.8. The molecule has 0 radical (unpaired) electrons. The largest absolute Gasteiger partial charge is 0.497 e. The van der Waals surface area contributed by atoms with E-state index in [0.717, 1.165) is 77.3 Å². The van der Waals surface area contributed by atoms with E-state index in [9.17, 15) is 0 Å². The van der Waals surface area contributed by atoms with Gasteiger partial charge in [0.1, 0.15) is 5.75 Å². The molecule has 1 aromatic rings. The molecule has 0 spiro atoms. The van der Waals surface area contributed by atoms with Crippen molar-refractivity contribution in [1.29, 1.82) is 0 Å². The van der Waals surface area contributed by atoms with Crippen LogP contribution in [-0.2, 0) is 4.74 Å². The second-order valence-corrected chi connectivity index (χ2v) is 7.40. The normalized spacial score (nSPS) is 20.3. The number of benzene rings is 1. The summed E-state index contributed by atoms with van der Waals surface area (Å²) in [4.78, 5) is 9.71. The molecule has 0 amide bonds. The molecule has 2 N–H and O–H groups in total. The first kappa shape index (κ1) is 24.0. The Morgan fingerprint density at radius 3 is 2.83 bits per heavy atom. The number of nitrogens with one attached hydrogen (secondary N) is 2. The van der Waals surface area contributed by atoms with Crippen LogP contribution in [0, 0.1) is 5.92 Å². The van der Waals surface area contributed by atoms with E-state index in [2.05, 4.69) is 45.6 Å². The summed E-state index contributed by atoms with van der Waals surface area (Å²) in [5, 5.41) is 6.84. The number of guanidine groups is 1. The summed E-state index contributed by atoms with van der Waals surface area (Å²) in [5.41, 5.74) is 1.24. The number of ether oxygens (including phenoxy) is 2. The fourth-order valence-corrected chi connectivity index (χ4v) is 3.74. The van der Waals surface area contributed by atoms with Crippen molar-refractivity contribution in [2.45, 2.75) is 13.3 Å². The molecule has 0 aliphatic carbocycles. The maximum absolute atomic E-state index is 5.41. The smallest absolute Gasteiger partial charge is 0.191 e. The molecular formula is C21H36IN5O2. The van der Waals surface area contributed by atoms with Crippen LogP contribution in [0.5, 0.6) is 5.75 Å². The number of halogens is 1. The molecule has 3 rings (SSSR count). The van der Waals surface area contributed by atoms with Crippen molar-refractivity contribution in [3.63, 3.8) is 0 Å². The summed E-state index contributed by atoms with van der Waals surface area (Å²) in [5.74, 6) is 2.43. The molecule has 2 aliphatic rings. The van der Waals surface area contributed by atoms with Gasteiger partial charge in [0.25, 0.3) is 0 Å². The summed E-state index contributed by atoms with van der Waals surface area (Å²) < 4.78 is 10.8. The molecule has 0 saturated carbocycles. The van der Waals surface area contributed by atoms with Crippen molar-refractivity contribution < 1.29 is 9.47 Å². The summed E-state index contributed by atoms with van der Waals surface area (Å²) in [7, 11) is 1.72. The van der Waals surface area contributed by atoms with Gasteiger partial charge in [-0.3, -0.25) is 9.89 Å². The van der Waals surface area contributed by atoms with Crippen molar-refractivity contribution >= 4 is 35.6 Å². The van der Waals surface area contributed by atoms with Gasteiger partial charge in [-0.2, -0.15) is 0 Å². The first-order valence-corrected chi connectivity index (χ1v) is 10.5. The Morgan fingerprint density at radius 1 is 1.24 bits per heavy atom. The summed E-state index contributed by atoms with van der Waals surface area (Å²) in [6, 6.07) is 8.32. The van der Waals surface area contributed by atoms with Crippen LogP contribution in [0.15, 0.2) is 29.3 Å². The van der Waals surface area contributed by atoms with E-state index >= 15 is 0 Å². The van der Waals surface area contributed by atoms with Gasteiger partial charge in [0.15, 0.2) is 5.96 Å². The molecule has 1 unspecified atom stereocenters. The molecule has 0 aromatic heterocycles. The van der Waals surface area contributed by atoms with E-state index in [4.69, 9.17) is 14.5 Å². The molecule has 1 aromatic carbocycles. The average Bonchev–Trinajstić information content (AvgIpc) is 3.22. The predicted octanol–water partition coefficient (Wildman–Crippen LogP) is 2.03. The number of morpholine rings is 1. The highest BCUT2D eigenvalue weighted by molar-refractivity contribution is 14.0. The number of nitrogens with zero attached hydrogens (tertiary/aromatic N) is 3. The Kier molecular flexibility index (Phi) is 10.9. The number of aliphatic imine (C=N–C) groups is 1. The van der Waals surface area contributed by atoms with Crippen LogP contribution >= 0.6 is 24.0 Å². The Morgan fingerprint density at radius 2 is 2.07 bits per heavy atom. The number of hydrogen-bond acceptors (Lipinski definition) is 5. The molecule has 29 heavy (non-hydrogen) atoms. The lowest BCUT2D eigenvalue weighted by atomic mass is 10.1. The van der Waals surface area contributed by atoms with E-state index in [-0.39, 0.29) is 24.0 Å². The van der Waals surface area contributed by atoms with E-state index in [1.54, 1.807) is 7.11 Å². The van der Waals surface area contributed by atoms with Crippen LogP contribution in [0.3, 0.4) is 0 Å². The van der Waals surface area contributed by atoms with Gasteiger partial charge in [-0.1, -0.05) is 6.07 Å². The third-order valence-electron chi connectivity index (χ3n) is 5.38. The van der Waals surface area contributed by atoms with Gasteiger partial charge in [-0.15, -0.1) is 24.0 Å². The molecule has 164 valence electrons. The fourth-order valence-electron chi connectivity index (χ4n) is 3.74.